The minimum absolute atomic E-state index is 0.579. The predicted molar refractivity (Wildman–Crippen MR) is 81.6 cm³/mol. The van der Waals surface area contributed by atoms with Crippen LogP contribution in [0.1, 0.15) is 32.6 Å². The molecule has 0 aliphatic heterocycles. The molecule has 21 heavy (non-hydrogen) atoms. The first-order valence-electron chi connectivity index (χ1n) is 7.57. The van der Waals surface area contributed by atoms with Crippen molar-refractivity contribution in [3.63, 3.8) is 0 Å². The van der Waals surface area contributed by atoms with Crippen LogP contribution in [0.3, 0.4) is 0 Å². The number of nitrogens with zero attached hydrogens (tertiary/aromatic N) is 5. The highest BCUT2D eigenvalue weighted by molar-refractivity contribution is 5.37. The standard InChI is InChI=1S/C14H21N7/c1-2-6-16-12-18-13(17-7-5-11-3-4-11)20-14(19-12)21-9-8-15-10-21/h8-11H,2-7H2,1H3,(H2,16,17,18,19,20). The summed E-state index contributed by atoms with van der Waals surface area (Å²) >= 11 is 0. The van der Waals surface area contributed by atoms with E-state index >= 15 is 0 Å². The molecule has 2 aromatic heterocycles. The normalized spacial score (nSPS) is 14.1. The summed E-state index contributed by atoms with van der Waals surface area (Å²) in [5, 5.41) is 6.51. The van der Waals surface area contributed by atoms with E-state index in [0.717, 1.165) is 25.4 Å². The molecule has 1 aliphatic rings. The van der Waals surface area contributed by atoms with Gasteiger partial charge in [0.15, 0.2) is 0 Å². The van der Waals surface area contributed by atoms with E-state index in [2.05, 4.69) is 37.5 Å². The Morgan fingerprint density at radius 3 is 2.52 bits per heavy atom. The Morgan fingerprint density at radius 2 is 1.90 bits per heavy atom. The van der Waals surface area contributed by atoms with Crippen molar-refractivity contribution in [1.29, 1.82) is 0 Å². The minimum atomic E-state index is 0.579. The largest absolute Gasteiger partial charge is 0.354 e. The molecule has 7 heteroatoms. The number of rotatable bonds is 8. The zero-order valence-electron chi connectivity index (χ0n) is 12.3. The molecule has 1 fully saturated rings. The average Bonchev–Trinajstić information content (AvgIpc) is 3.15. The molecular weight excluding hydrogens is 266 g/mol. The minimum Gasteiger partial charge on any atom is -0.354 e. The Bertz CT molecular complexity index is 563. The lowest BCUT2D eigenvalue weighted by Crippen LogP contribution is -2.13. The zero-order chi connectivity index (χ0) is 14.5. The molecule has 0 aromatic carbocycles. The van der Waals surface area contributed by atoms with Gasteiger partial charge in [-0.15, -0.1) is 0 Å². The lowest BCUT2D eigenvalue weighted by atomic mass is 10.3. The quantitative estimate of drug-likeness (QED) is 0.774. The van der Waals surface area contributed by atoms with Gasteiger partial charge in [0, 0.05) is 25.5 Å². The van der Waals surface area contributed by atoms with Crippen LogP contribution in [-0.4, -0.2) is 37.6 Å². The van der Waals surface area contributed by atoms with Crippen LogP contribution in [0.4, 0.5) is 11.9 Å². The molecule has 112 valence electrons. The third kappa shape index (κ3) is 3.90. The van der Waals surface area contributed by atoms with Crippen LogP contribution in [0.15, 0.2) is 18.7 Å². The maximum Gasteiger partial charge on any atom is 0.241 e. The number of anilines is 2. The van der Waals surface area contributed by atoms with Crippen LogP contribution in [0.5, 0.6) is 0 Å². The van der Waals surface area contributed by atoms with Crippen molar-refractivity contribution in [3.05, 3.63) is 18.7 Å². The summed E-state index contributed by atoms with van der Waals surface area (Å²) in [4.78, 5) is 17.3. The van der Waals surface area contributed by atoms with Crippen molar-refractivity contribution >= 4 is 11.9 Å². The molecule has 0 atom stereocenters. The molecule has 0 saturated heterocycles. The van der Waals surface area contributed by atoms with Crippen molar-refractivity contribution in [1.82, 2.24) is 24.5 Å². The number of imidazole rings is 1. The van der Waals surface area contributed by atoms with Gasteiger partial charge < -0.3 is 10.6 Å². The second-order valence-electron chi connectivity index (χ2n) is 5.34. The summed E-state index contributed by atoms with van der Waals surface area (Å²) in [6, 6.07) is 0. The first-order chi connectivity index (χ1) is 10.3. The molecule has 2 N–H and O–H groups in total. The monoisotopic (exact) mass is 287 g/mol. The number of aromatic nitrogens is 5. The summed E-state index contributed by atoms with van der Waals surface area (Å²) in [5.74, 6) is 2.69. The molecule has 0 bridgehead atoms. The van der Waals surface area contributed by atoms with Gasteiger partial charge in [-0.05, 0) is 18.8 Å². The van der Waals surface area contributed by atoms with Crippen molar-refractivity contribution in [2.75, 3.05) is 23.7 Å². The van der Waals surface area contributed by atoms with Gasteiger partial charge in [-0.25, -0.2) is 4.98 Å². The van der Waals surface area contributed by atoms with E-state index in [9.17, 15) is 0 Å². The van der Waals surface area contributed by atoms with Crippen LogP contribution in [0.2, 0.25) is 0 Å². The number of hydrogen-bond acceptors (Lipinski definition) is 6. The maximum atomic E-state index is 4.45. The molecule has 0 radical (unpaired) electrons. The first-order valence-corrected chi connectivity index (χ1v) is 7.57. The fraction of sp³-hybridized carbons (Fsp3) is 0.571. The van der Waals surface area contributed by atoms with Gasteiger partial charge in [0.1, 0.15) is 6.33 Å². The Morgan fingerprint density at radius 1 is 1.14 bits per heavy atom. The second kappa shape index (κ2) is 6.51. The van der Waals surface area contributed by atoms with Crippen molar-refractivity contribution in [2.45, 2.75) is 32.6 Å². The molecule has 0 amide bonds. The molecule has 0 spiro atoms. The van der Waals surface area contributed by atoms with Gasteiger partial charge in [-0.2, -0.15) is 15.0 Å². The number of hydrogen-bond donors (Lipinski definition) is 2. The van der Waals surface area contributed by atoms with Gasteiger partial charge in [0.2, 0.25) is 17.8 Å². The smallest absolute Gasteiger partial charge is 0.241 e. The first kappa shape index (κ1) is 13.8. The summed E-state index contributed by atoms with van der Waals surface area (Å²) in [6.07, 6.45) is 10.2. The molecular formula is C14H21N7. The van der Waals surface area contributed by atoms with Crippen molar-refractivity contribution < 1.29 is 0 Å². The van der Waals surface area contributed by atoms with E-state index in [-0.39, 0.29) is 0 Å². The van der Waals surface area contributed by atoms with Gasteiger partial charge in [0.25, 0.3) is 0 Å². The molecule has 3 rings (SSSR count). The average molecular weight is 287 g/mol. The highest BCUT2D eigenvalue weighted by Crippen LogP contribution is 2.31. The third-order valence-corrected chi connectivity index (χ3v) is 3.42. The fourth-order valence-electron chi connectivity index (χ4n) is 2.05. The molecule has 2 heterocycles. The predicted octanol–water partition coefficient (Wildman–Crippen LogP) is 2.09. The van der Waals surface area contributed by atoms with Crippen LogP contribution < -0.4 is 10.6 Å². The van der Waals surface area contributed by atoms with Crippen LogP contribution in [0, 0.1) is 5.92 Å². The topological polar surface area (TPSA) is 80.5 Å². The summed E-state index contributed by atoms with van der Waals surface area (Å²) < 4.78 is 1.78. The Kier molecular flexibility index (Phi) is 4.28. The highest BCUT2D eigenvalue weighted by atomic mass is 15.3. The molecule has 7 nitrogen and oxygen atoms in total. The lowest BCUT2D eigenvalue weighted by Gasteiger charge is -2.09. The van der Waals surface area contributed by atoms with Crippen LogP contribution in [-0.2, 0) is 0 Å². The Labute approximate surface area is 124 Å². The molecule has 0 unspecified atom stereocenters. The molecule has 1 aliphatic carbocycles. The molecule has 1 saturated carbocycles. The fourth-order valence-corrected chi connectivity index (χ4v) is 2.05. The van der Waals surface area contributed by atoms with Gasteiger partial charge in [-0.3, -0.25) is 4.57 Å². The molecule has 2 aromatic rings. The van der Waals surface area contributed by atoms with E-state index in [1.54, 1.807) is 17.1 Å². The van der Waals surface area contributed by atoms with Crippen LogP contribution in [0.25, 0.3) is 5.95 Å². The van der Waals surface area contributed by atoms with Gasteiger partial charge in [-0.1, -0.05) is 19.8 Å². The van der Waals surface area contributed by atoms with Crippen LogP contribution >= 0.6 is 0 Å². The van der Waals surface area contributed by atoms with Gasteiger partial charge >= 0.3 is 0 Å². The van der Waals surface area contributed by atoms with Crippen molar-refractivity contribution in [3.8, 4) is 5.95 Å². The zero-order valence-corrected chi connectivity index (χ0v) is 12.3. The third-order valence-electron chi connectivity index (χ3n) is 3.42. The highest BCUT2D eigenvalue weighted by Gasteiger charge is 2.20. The van der Waals surface area contributed by atoms with E-state index in [1.807, 2.05) is 6.20 Å². The van der Waals surface area contributed by atoms with E-state index < -0.39 is 0 Å². The summed E-state index contributed by atoms with van der Waals surface area (Å²) in [7, 11) is 0. The van der Waals surface area contributed by atoms with E-state index in [0.29, 0.717) is 17.8 Å². The van der Waals surface area contributed by atoms with E-state index in [4.69, 9.17) is 0 Å². The summed E-state index contributed by atoms with van der Waals surface area (Å²) in [5.41, 5.74) is 0. The Hall–Kier alpha value is -2.18. The maximum absolute atomic E-state index is 4.45. The summed E-state index contributed by atoms with van der Waals surface area (Å²) in [6.45, 7) is 3.86. The number of nitrogens with one attached hydrogen (secondary N) is 2. The van der Waals surface area contributed by atoms with Crippen molar-refractivity contribution in [2.24, 2.45) is 5.92 Å². The lowest BCUT2D eigenvalue weighted by molar-refractivity contribution is 0.753. The Balaban J connectivity index is 1.74. The van der Waals surface area contributed by atoms with E-state index in [1.165, 1.54) is 19.3 Å². The van der Waals surface area contributed by atoms with Gasteiger partial charge in [0.05, 0.1) is 0 Å². The second-order valence-corrected chi connectivity index (χ2v) is 5.34. The SMILES string of the molecule is CCCNc1nc(NCCC2CC2)nc(-n2ccnc2)n1.